The number of nitrogens with zero attached hydrogens (tertiary/aromatic N) is 3. The highest BCUT2D eigenvalue weighted by atomic mass is 19.2. The van der Waals surface area contributed by atoms with Gasteiger partial charge in [0.05, 0.1) is 12.5 Å². The van der Waals surface area contributed by atoms with Gasteiger partial charge >= 0.3 is 0 Å². The molecular weight excluding hydrogens is 513 g/mol. The summed E-state index contributed by atoms with van der Waals surface area (Å²) in [6.07, 6.45) is 5.64. The summed E-state index contributed by atoms with van der Waals surface area (Å²) in [7, 11) is 0. The van der Waals surface area contributed by atoms with Crippen molar-refractivity contribution in [3.05, 3.63) is 35.1 Å². The van der Waals surface area contributed by atoms with E-state index in [-0.39, 0.29) is 49.0 Å². The Balaban J connectivity index is 1.41. The Morgan fingerprint density at radius 3 is 2.41 bits per heavy atom. The molecule has 1 aromatic rings. The molecule has 0 radical (unpaired) electrons. The van der Waals surface area contributed by atoms with Gasteiger partial charge in [0.1, 0.15) is 11.9 Å². The number of nitrogens with one attached hydrogen (secondary N) is 1. The van der Waals surface area contributed by atoms with Crippen LogP contribution in [-0.2, 0) is 20.9 Å². The molecular formula is C28H39F3N4O4. The predicted molar refractivity (Wildman–Crippen MR) is 137 cm³/mol. The SMILES string of the molecule is CC(C)(C)[C@H](NC(=O)[C@H](CC1CCCC1)CN(O)C=O)C(=O)N1CC[C@H]2[C@@H](C1)N2Cc1cc(F)c(F)cc1F. The first-order chi connectivity index (χ1) is 18.4. The lowest BCUT2D eigenvalue weighted by Gasteiger charge is -2.37. The molecule has 2 saturated heterocycles. The number of hydrogen-bond acceptors (Lipinski definition) is 5. The number of rotatable bonds is 10. The van der Waals surface area contributed by atoms with Gasteiger partial charge in [-0.25, -0.2) is 18.2 Å². The zero-order valence-corrected chi connectivity index (χ0v) is 22.8. The number of halogens is 3. The smallest absolute Gasteiger partial charge is 0.245 e. The molecule has 3 fully saturated rings. The molecule has 0 spiro atoms. The number of benzene rings is 1. The molecule has 216 valence electrons. The summed E-state index contributed by atoms with van der Waals surface area (Å²) in [5.74, 6) is -4.02. The van der Waals surface area contributed by atoms with Crippen LogP contribution in [0.5, 0.6) is 0 Å². The molecule has 1 saturated carbocycles. The fourth-order valence-electron chi connectivity index (χ4n) is 6.17. The third-order valence-electron chi connectivity index (χ3n) is 8.45. The first-order valence-corrected chi connectivity index (χ1v) is 13.8. The van der Waals surface area contributed by atoms with Gasteiger partial charge in [-0.1, -0.05) is 46.5 Å². The van der Waals surface area contributed by atoms with Gasteiger partial charge in [-0.05, 0) is 30.2 Å². The molecule has 0 aromatic heterocycles. The predicted octanol–water partition coefficient (Wildman–Crippen LogP) is 3.46. The Morgan fingerprint density at radius 2 is 1.77 bits per heavy atom. The van der Waals surface area contributed by atoms with Crippen molar-refractivity contribution >= 4 is 18.2 Å². The van der Waals surface area contributed by atoms with Crippen molar-refractivity contribution in [1.82, 2.24) is 20.2 Å². The molecule has 2 aliphatic heterocycles. The second kappa shape index (κ2) is 11.8. The molecule has 3 amide bonds. The normalized spacial score (nSPS) is 24.6. The van der Waals surface area contributed by atoms with E-state index in [4.69, 9.17) is 0 Å². The lowest BCUT2D eigenvalue weighted by atomic mass is 9.84. The molecule has 1 aromatic carbocycles. The first-order valence-electron chi connectivity index (χ1n) is 13.8. The Kier molecular flexibility index (Phi) is 8.90. The number of piperidine rings is 1. The number of hydrogen-bond donors (Lipinski definition) is 2. The van der Waals surface area contributed by atoms with E-state index in [9.17, 15) is 32.8 Å². The highest BCUT2D eigenvalue weighted by Gasteiger charge is 2.52. The molecule has 39 heavy (non-hydrogen) atoms. The second-order valence-electron chi connectivity index (χ2n) is 12.4. The number of likely N-dealkylation sites (tertiary alicyclic amines) is 1. The van der Waals surface area contributed by atoms with Crippen LogP contribution in [0.15, 0.2) is 12.1 Å². The highest BCUT2D eigenvalue weighted by Crippen LogP contribution is 2.38. The molecule has 8 nitrogen and oxygen atoms in total. The van der Waals surface area contributed by atoms with E-state index in [0.29, 0.717) is 43.0 Å². The fraction of sp³-hybridized carbons (Fsp3) is 0.679. The molecule has 1 aliphatic carbocycles. The van der Waals surface area contributed by atoms with Crippen molar-refractivity contribution in [3.8, 4) is 0 Å². The van der Waals surface area contributed by atoms with Gasteiger partial charge in [-0.2, -0.15) is 0 Å². The average molecular weight is 553 g/mol. The minimum atomic E-state index is -1.23. The number of carbonyl (C=O) groups is 3. The van der Waals surface area contributed by atoms with Gasteiger partial charge in [0.15, 0.2) is 11.6 Å². The first kappa shape index (κ1) is 29.3. The highest BCUT2D eigenvalue weighted by molar-refractivity contribution is 5.89. The van der Waals surface area contributed by atoms with Gasteiger partial charge in [0, 0.05) is 43.3 Å². The summed E-state index contributed by atoms with van der Waals surface area (Å²) >= 11 is 0. The molecule has 2 heterocycles. The van der Waals surface area contributed by atoms with Crippen LogP contribution in [0.25, 0.3) is 0 Å². The molecule has 0 bridgehead atoms. The van der Waals surface area contributed by atoms with Gasteiger partial charge in [-0.15, -0.1) is 0 Å². The number of fused-ring (bicyclic) bond motifs is 1. The van der Waals surface area contributed by atoms with Crippen LogP contribution >= 0.6 is 0 Å². The fourth-order valence-corrected chi connectivity index (χ4v) is 6.17. The monoisotopic (exact) mass is 552 g/mol. The van der Waals surface area contributed by atoms with Crippen molar-refractivity contribution in [3.63, 3.8) is 0 Å². The third kappa shape index (κ3) is 6.92. The lowest BCUT2D eigenvalue weighted by Crippen LogP contribution is -2.57. The van der Waals surface area contributed by atoms with Gasteiger partial charge in [0.2, 0.25) is 18.2 Å². The minimum absolute atomic E-state index is 0.0304. The summed E-state index contributed by atoms with van der Waals surface area (Å²) in [4.78, 5) is 41.8. The Hall–Kier alpha value is -2.66. The van der Waals surface area contributed by atoms with E-state index >= 15 is 0 Å². The van der Waals surface area contributed by atoms with Gasteiger partial charge in [0.25, 0.3) is 0 Å². The van der Waals surface area contributed by atoms with Crippen LogP contribution in [0, 0.1) is 34.7 Å². The van der Waals surface area contributed by atoms with Crippen LogP contribution in [0.3, 0.4) is 0 Å². The molecule has 1 unspecified atom stereocenters. The minimum Gasteiger partial charge on any atom is -0.344 e. The van der Waals surface area contributed by atoms with E-state index < -0.39 is 34.8 Å². The zero-order chi connectivity index (χ0) is 28.5. The number of amides is 3. The van der Waals surface area contributed by atoms with Crippen LogP contribution in [0.1, 0.15) is 64.9 Å². The van der Waals surface area contributed by atoms with E-state index in [2.05, 4.69) is 5.32 Å². The molecule has 2 N–H and O–H groups in total. The standard InChI is InChI=1S/C28H39F3N4O4/c1-28(2,3)25(32-26(37)19(13-34(39)16-36)10-17-6-4-5-7-17)27(38)33-9-8-23-24(15-33)35(23)14-18-11-21(30)22(31)12-20(18)29/h11-12,16-17,19,23-25,39H,4-10,13-15H2,1-3H3,(H,32,37)/t19-,23+,24-,25-,35?/m1/s1. The largest absolute Gasteiger partial charge is 0.344 e. The maximum absolute atomic E-state index is 14.2. The molecule has 3 aliphatic rings. The summed E-state index contributed by atoms with van der Waals surface area (Å²) in [5.41, 5.74) is -0.536. The van der Waals surface area contributed by atoms with Crippen molar-refractivity contribution in [2.45, 2.75) is 84.0 Å². The maximum Gasteiger partial charge on any atom is 0.245 e. The number of hydroxylamine groups is 2. The topological polar surface area (TPSA) is 93.0 Å². The van der Waals surface area contributed by atoms with Crippen molar-refractivity contribution < 1.29 is 32.8 Å². The maximum atomic E-state index is 14.2. The van der Waals surface area contributed by atoms with E-state index in [1.807, 2.05) is 25.7 Å². The van der Waals surface area contributed by atoms with Crippen LogP contribution < -0.4 is 5.32 Å². The zero-order valence-electron chi connectivity index (χ0n) is 22.8. The van der Waals surface area contributed by atoms with Crippen molar-refractivity contribution in [2.75, 3.05) is 19.6 Å². The van der Waals surface area contributed by atoms with Crippen LogP contribution in [0.2, 0.25) is 0 Å². The summed E-state index contributed by atoms with van der Waals surface area (Å²) in [6.45, 7) is 6.43. The van der Waals surface area contributed by atoms with E-state index in [1.54, 1.807) is 4.90 Å². The summed E-state index contributed by atoms with van der Waals surface area (Å²) in [6, 6.07) is 0.696. The lowest BCUT2D eigenvalue weighted by molar-refractivity contribution is -0.156. The van der Waals surface area contributed by atoms with Crippen molar-refractivity contribution in [2.24, 2.45) is 17.3 Å². The average Bonchev–Trinajstić information content (AvgIpc) is 3.29. The van der Waals surface area contributed by atoms with E-state index in [1.165, 1.54) is 0 Å². The summed E-state index contributed by atoms with van der Waals surface area (Å²) < 4.78 is 41.1. The Labute approximate surface area is 227 Å². The van der Waals surface area contributed by atoms with Crippen LogP contribution in [0.4, 0.5) is 13.2 Å². The molecule has 11 heteroatoms. The van der Waals surface area contributed by atoms with Crippen LogP contribution in [-0.4, -0.2) is 76.1 Å². The van der Waals surface area contributed by atoms with Crippen molar-refractivity contribution in [1.29, 1.82) is 0 Å². The van der Waals surface area contributed by atoms with Gasteiger partial charge in [-0.3, -0.25) is 24.5 Å². The quantitative estimate of drug-likeness (QED) is 0.153. The van der Waals surface area contributed by atoms with Gasteiger partial charge < -0.3 is 10.2 Å². The van der Waals surface area contributed by atoms with E-state index in [0.717, 1.165) is 31.7 Å². The number of carbonyl (C=O) groups excluding carboxylic acids is 3. The Morgan fingerprint density at radius 1 is 1.10 bits per heavy atom. The third-order valence-corrected chi connectivity index (χ3v) is 8.45. The molecule has 5 atom stereocenters. The Bertz CT molecular complexity index is 1080. The molecule has 4 rings (SSSR count). The second-order valence-corrected chi connectivity index (χ2v) is 12.4. The summed E-state index contributed by atoms with van der Waals surface area (Å²) in [5, 5.41) is 13.2.